The average Bonchev–Trinajstić information content (AvgIpc) is 3.24. The molecule has 3 atom stereocenters. The molecule has 1 saturated carbocycles. The second-order valence-electron chi connectivity index (χ2n) is 6.60. The summed E-state index contributed by atoms with van der Waals surface area (Å²) in [5.41, 5.74) is 0.758. The second-order valence-corrected chi connectivity index (χ2v) is 6.60. The Hall–Kier alpha value is -2.28. The molecule has 6 nitrogen and oxygen atoms in total. The number of nitrogens with one attached hydrogen (secondary N) is 2. The summed E-state index contributed by atoms with van der Waals surface area (Å²) in [6, 6.07) is 4.86. The maximum absolute atomic E-state index is 14.2. The fourth-order valence-electron chi connectivity index (χ4n) is 3.85. The molecule has 1 amide bonds. The molecule has 3 unspecified atom stereocenters. The SMILES string of the molecule is O=C(Nc1ccc(-n2cncn2)c(F)c1)C1CC2CCCCC2N1. The van der Waals surface area contributed by atoms with Crippen LogP contribution in [0.1, 0.15) is 32.1 Å². The van der Waals surface area contributed by atoms with Crippen LogP contribution in [0.15, 0.2) is 30.9 Å². The molecule has 24 heavy (non-hydrogen) atoms. The van der Waals surface area contributed by atoms with E-state index in [1.54, 1.807) is 12.1 Å². The highest BCUT2D eigenvalue weighted by molar-refractivity contribution is 5.95. The van der Waals surface area contributed by atoms with Crippen LogP contribution in [0.4, 0.5) is 10.1 Å². The first-order chi connectivity index (χ1) is 11.7. The molecular formula is C17H20FN5O. The Morgan fingerprint density at radius 2 is 2.21 bits per heavy atom. The molecule has 2 aromatic rings. The summed E-state index contributed by atoms with van der Waals surface area (Å²) >= 11 is 0. The monoisotopic (exact) mass is 329 g/mol. The molecule has 0 bridgehead atoms. The predicted molar refractivity (Wildman–Crippen MR) is 87.2 cm³/mol. The van der Waals surface area contributed by atoms with Crippen molar-refractivity contribution in [3.05, 3.63) is 36.7 Å². The Kier molecular flexibility index (Phi) is 4.02. The first kappa shape index (κ1) is 15.3. The summed E-state index contributed by atoms with van der Waals surface area (Å²) in [7, 11) is 0. The maximum atomic E-state index is 14.2. The number of rotatable bonds is 3. The Morgan fingerprint density at radius 1 is 1.33 bits per heavy atom. The number of halogens is 1. The topological polar surface area (TPSA) is 71.8 Å². The summed E-state index contributed by atoms with van der Waals surface area (Å²) in [5, 5.41) is 10.2. The number of nitrogens with zero attached hydrogens (tertiary/aromatic N) is 3. The quantitative estimate of drug-likeness (QED) is 0.906. The van der Waals surface area contributed by atoms with E-state index < -0.39 is 5.82 Å². The van der Waals surface area contributed by atoms with Crippen LogP contribution in [-0.4, -0.2) is 32.8 Å². The van der Waals surface area contributed by atoms with E-state index in [1.807, 2.05) is 0 Å². The number of aromatic nitrogens is 3. The van der Waals surface area contributed by atoms with E-state index in [1.165, 1.54) is 42.7 Å². The third-order valence-corrected chi connectivity index (χ3v) is 5.06. The van der Waals surface area contributed by atoms with Crippen molar-refractivity contribution in [3.8, 4) is 5.69 Å². The van der Waals surface area contributed by atoms with Crippen molar-refractivity contribution in [3.63, 3.8) is 0 Å². The molecule has 7 heteroatoms. The lowest BCUT2D eigenvalue weighted by atomic mass is 9.85. The zero-order chi connectivity index (χ0) is 16.5. The van der Waals surface area contributed by atoms with E-state index in [0.29, 0.717) is 23.3 Å². The number of fused-ring (bicyclic) bond motifs is 1. The van der Waals surface area contributed by atoms with Crippen molar-refractivity contribution >= 4 is 11.6 Å². The van der Waals surface area contributed by atoms with Gasteiger partial charge in [0, 0.05) is 11.7 Å². The average molecular weight is 329 g/mol. The Bertz CT molecular complexity index is 719. The summed E-state index contributed by atoms with van der Waals surface area (Å²) in [6.07, 6.45) is 8.49. The second kappa shape index (κ2) is 6.32. The highest BCUT2D eigenvalue weighted by Crippen LogP contribution is 2.33. The van der Waals surface area contributed by atoms with Crippen molar-refractivity contribution in [2.45, 2.75) is 44.2 Å². The molecule has 0 spiro atoms. The van der Waals surface area contributed by atoms with Gasteiger partial charge < -0.3 is 10.6 Å². The van der Waals surface area contributed by atoms with E-state index in [0.717, 1.165) is 12.8 Å². The number of carbonyl (C=O) groups is 1. The van der Waals surface area contributed by atoms with Crippen molar-refractivity contribution in [2.75, 3.05) is 5.32 Å². The lowest BCUT2D eigenvalue weighted by molar-refractivity contribution is -0.117. The molecule has 2 aliphatic rings. The fraction of sp³-hybridized carbons (Fsp3) is 0.471. The Morgan fingerprint density at radius 3 is 2.96 bits per heavy atom. The summed E-state index contributed by atoms with van der Waals surface area (Å²) in [5.74, 6) is 0.0598. The molecule has 1 aliphatic carbocycles. The third-order valence-electron chi connectivity index (χ3n) is 5.06. The molecule has 2 N–H and O–H groups in total. The largest absolute Gasteiger partial charge is 0.325 e. The number of amides is 1. The van der Waals surface area contributed by atoms with Crippen molar-refractivity contribution < 1.29 is 9.18 Å². The molecule has 126 valence electrons. The van der Waals surface area contributed by atoms with E-state index in [2.05, 4.69) is 20.7 Å². The number of anilines is 1. The lowest BCUT2D eigenvalue weighted by Gasteiger charge is -2.24. The molecule has 0 radical (unpaired) electrons. The van der Waals surface area contributed by atoms with Gasteiger partial charge >= 0.3 is 0 Å². The van der Waals surface area contributed by atoms with Gasteiger partial charge in [-0.05, 0) is 43.4 Å². The van der Waals surface area contributed by atoms with Crippen LogP contribution in [0.25, 0.3) is 5.69 Å². The molecule has 1 aromatic heterocycles. The van der Waals surface area contributed by atoms with Crippen LogP contribution in [0.2, 0.25) is 0 Å². The van der Waals surface area contributed by atoms with Crippen LogP contribution in [0, 0.1) is 11.7 Å². The van der Waals surface area contributed by atoms with Gasteiger partial charge in [0.15, 0.2) is 5.82 Å². The van der Waals surface area contributed by atoms with Gasteiger partial charge in [0.2, 0.25) is 5.91 Å². The fourth-order valence-corrected chi connectivity index (χ4v) is 3.85. The highest BCUT2D eigenvalue weighted by Gasteiger charge is 2.38. The maximum Gasteiger partial charge on any atom is 0.241 e. The molecule has 1 aromatic carbocycles. The van der Waals surface area contributed by atoms with Gasteiger partial charge in [0.1, 0.15) is 18.3 Å². The highest BCUT2D eigenvalue weighted by atomic mass is 19.1. The smallest absolute Gasteiger partial charge is 0.241 e. The van der Waals surface area contributed by atoms with Gasteiger partial charge in [-0.2, -0.15) is 5.10 Å². The molecule has 2 fully saturated rings. The first-order valence-corrected chi connectivity index (χ1v) is 8.42. The van der Waals surface area contributed by atoms with E-state index in [9.17, 15) is 9.18 Å². The lowest BCUT2D eigenvalue weighted by Crippen LogP contribution is -2.39. The zero-order valence-corrected chi connectivity index (χ0v) is 13.3. The van der Waals surface area contributed by atoms with Gasteiger partial charge in [-0.3, -0.25) is 4.79 Å². The molecular weight excluding hydrogens is 309 g/mol. The van der Waals surface area contributed by atoms with Gasteiger partial charge in [0.25, 0.3) is 0 Å². The number of hydrogen-bond acceptors (Lipinski definition) is 4. The number of benzene rings is 1. The molecule has 1 aliphatic heterocycles. The Labute approximate surface area is 139 Å². The third kappa shape index (κ3) is 2.91. The normalized spacial score (nSPS) is 26.1. The van der Waals surface area contributed by atoms with Crippen LogP contribution in [0.5, 0.6) is 0 Å². The predicted octanol–water partition coefficient (Wildman–Crippen LogP) is 2.27. The van der Waals surface area contributed by atoms with Crippen LogP contribution >= 0.6 is 0 Å². The van der Waals surface area contributed by atoms with Crippen LogP contribution in [0.3, 0.4) is 0 Å². The summed E-state index contributed by atoms with van der Waals surface area (Å²) < 4.78 is 15.6. The first-order valence-electron chi connectivity index (χ1n) is 8.42. The number of hydrogen-bond donors (Lipinski definition) is 2. The molecule has 1 saturated heterocycles. The molecule has 2 heterocycles. The minimum atomic E-state index is -0.452. The zero-order valence-electron chi connectivity index (χ0n) is 13.3. The summed E-state index contributed by atoms with van der Waals surface area (Å²) in [6.45, 7) is 0. The van der Waals surface area contributed by atoms with Gasteiger partial charge in [-0.1, -0.05) is 12.8 Å². The van der Waals surface area contributed by atoms with E-state index in [4.69, 9.17) is 0 Å². The van der Waals surface area contributed by atoms with Crippen LogP contribution < -0.4 is 10.6 Å². The van der Waals surface area contributed by atoms with E-state index >= 15 is 0 Å². The van der Waals surface area contributed by atoms with Gasteiger partial charge in [0.05, 0.1) is 6.04 Å². The van der Waals surface area contributed by atoms with Crippen molar-refractivity contribution in [1.29, 1.82) is 0 Å². The minimum Gasteiger partial charge on any atom is -0.325 e. The van der Waals surface area contributed by atoms with Crippen molar-refractivity contribution in [1.82, 2.24) is 20.1 Å². The molecule has 4 rings (SSSR count). The van der Waals surface area contributed by atoms with E-state index in [-0.39, 0.29) is 11.9 Å². The minimum absolute atomic E-state index is 0.0858. The Balaban J connectivity index is 1.44. The van der Waals surface area contributed by atoms with Gasteiger partial charge in [-0.25, -0.2) is 14.1 Å². The van der Waals surface area contributed by atoms with Crippen LogP contribution in [-0.2, 0) is 4.79 Å². The standard InChI is InChI=1S/C17H20FN5O/c18-13-8-12(5-6-16(13)23-10-19-9-20-23)21-17(24)15-7-11-3-1-2-4-14(11)22-15/h5-6,8-11,14-15,22H,1-4,7H2,(H,21,24). The summed E-state index contributed by atoms with van der Waals surface area (Å²) in [4.78, 5) is 16.3. The number of carbonyl (C=O) groups excluding carboxylic acids is 1. The van der Waals surface area contributed by atoms with Crippen molar-refractivity contribution in [2.24, 2.45) is 5.92 Å². The van der Waals surface area contributed by atoms with Gasteiger partial charge in [-0.15, -0.1) is 0 Å².